The summed E-state index contributed by atoms with van der Waals surface area (Å²) in [6, 6.07) is 135. The van der Waals surface area contributed by atoms with Crippen LogP contribution in [0.4, 0.5) is 0 Å². The molecule has 0 radical (unpaired) electrons. The minimum atomic E-state index is 0.630. The number of hydrogen-bond acceptors (Lipinski definition) is 8. The van der Waals surface area contributed by atoms with Gasteiger partial charge in [-0.15, -0.1) is 0 Å². The van der Waals surface area contributed by atoms with Gasteiger partial charge in [0.25, 0.3) is 0 Å². The van der Waals surface area contributed by atoms with Crippen LogP contribution >= 0.6 is 0 Å². The maximum absolute atomic E-state index is 6.58. The van der Waals surface area contributed by atoms with Crippen LogP contribution in [-0.2, 0) is 0 Å². The summed E-state index contributed by atoms with van der Waals surface area (Å²) >= 11 is 0. The van der Waals surface area contributed by atoms with Crippen molar-refractivity contribution >= 4 is 87.8 Å². The van der Waals surface area contributed by atoms with Gasteiger partial charge in [0.05, 0.1) is 22.8 Å². The van der Waals surface area contributed by atoms with Crippen LogP contribution in [0.2, 0.25) is 0 Å². The summed E-state index contributed by atoms with van der Waals surface area (Å²) in [4.78, 5) is 21.1. The molecule has 0 atom stereocenters. The molecule has 0 saturated carbocycles. The van der Waals surface area contributed by atoms with Gasteiger partial charge in [0.2, 0.25) is 0 Å². The van der Waals surface area contributed by atoms with Crippen LogP contribution in [0.3, 0.4) is 0 Å². The predicted molar refractivity (Wildman–Crippen MR) is 458 cm³/mol. The first-order valence-electron chi connectivity index (χ1n) is 37.6. The maximum Gasteiger partial charge on any atom is 0.160 e. The highest BCUT2D eigenvalue weighted by Gasteiger charge is 2.22. The van der Waals surface area contributed by atoms with Crippen molar-refractivity contribution in [3.05, 3.63) is 388 Å². The first-order chi connectivity index (χ1) is 55.4. The van der Waals surface area contributed by atoms with Gasteiger partial charge in [0.15, 0.2) is 11.6 Å². The van der Waals surface area contributed by atoms with E-state index >= 15 is 0 Å². The molecule has 0 amide bonds. The van der Waals surface area contributed by atoms with Crippen LogP contribution in [0.15, 0.2) is 406 Å². The van der Waals surface area contributed by atoms with Crippen LogP contribution < -0.4 is 0 Å². The molecular formula is C104H64N4O4. The van der Waals surface area contributed by atoms with Crippen molar-refractivity contribution < 1.29 is 17.7 Å². The van der Waals surface area contributed by atoms with Crippen molar-refractivity contribution in [2.75, 3.05) is 0 Å². The van der Waals surface area contributed by atoms with E-state index in [1.807, 2.05) is 84.9 Å². The molecule has 0 aliphatic rings. The average molecular weight is 1430 g/mol. The Bertz CT molecular complexity index is 7080. The Labute approximate surface area is 644 Å². The fourth-order valence-electron chi connectivity index (χ4n) is 15.8. The quantitative estimate of drug-likeness (QED) is 0.119. The molecule has 6 heterocycles. The first-order valence-corrected chi connectivity index (χ1v) is 37.6. The number of rotatable bonds is 12. The lowest BCUT2D eigenvalue weighted by molar-refractivity contribution is 0.668. The minimum Gasteiger partial charge on any atom is -0.456 e. The minimum absolute atomic E-state index is 0.630. The first kappa shape index (κ1) is 65.2. The Morgan fingerprint density at radius 2 is 0.402 bits per heavy atom. The van der Waals surface area contributed by atoms with Crippen molar-refractivity contribution in [3.63, 3.8) is 0 Å². The Morgan fingerprint density at radius 1 is 0.143 bits per heavy atom. The van der Waals surface area contributed by atoms with Crippen LogP contribution in [0.1, 0.15) is 0 Å². The number of para-hydroxylation sites is 6. The number of furan rings is 4. The Morgan fingerprint density at radius 3 is 0.786 bits per heavy atom. The number of aromatic nitrogens is 4. The lowest BCUT2D eigenvalue weighted by Gasteiger charge is -2.13. The second kappa shape index (κ2) is 27.6. The highest BCUT2D eigenvalue weighted by Crippen LogP contribution is 2.45. The molecule has 0 aliphatic carbocycles. The molecule has 22 aromatic rings. The zero-order valence-corrected chi connectivity index (χ0v) is 60.4. The third-order valence-corrected chi connectivity index (χ3v) is 21.4. The van der Waals surface area contributed by atoms with Gasteiger partial charge in [-0.25, -0.2) is 19.9 Å². The molecule has 0 unspecified atom stereocenters. The normalized spacial score (nSPS) is 11.6. The van der Waals surface area contributed by atoms with Crippen molar-refractivity contribution in [3.8, 4) is 135 Å². The van der Waals surface area contributed by atoms with E-state index in [1.54, 1.807) is 0 Å². The highest BCUT2D eigenvalue weighted by atomic mass is 16.3. The summed E-state index contributed by atoms with van der Waals surface area (Å²) in [7, 11) is 0. The number of nitrogens with zero attached hydrogens (tertiary/aromatic N) is 4. The van der Waals surface area contributed by atoms with E-state index in [2.05, 4.69) is 303 Å². The van der Waals surface area contributed by atoms with Crippen molar-refractivity contribution in [2.45, 2.75) is 0 Å². The largest absolute Gasteiger partial charge is 0.456 e. The molecule has 0 spiro atoms. The Kier molecular flexibility index (Phi) is 16.1. The summed E-state index contributed by atoms with van der Waals surface area (Å²) in [6.45, 7) is 0. The van der Waals surface area contributed by atoms with Gasteiger partial charge in [-0.2, -0.15) is 0 Å². The van der Waals surface area contributed by atoms with E-state index in [1.165, 1.54) is 11.1 Å². The molecule has 8 heteroatoms. The highest BCUT2D eigenvalue weighted by molar-refractivity contribution is 6.13. The smallest absolute Gasteiger partial charge is 0.160 e. The molecule has 112 heavy (non-hydrogen) atoms. The monoisotopic (exact) mass is 1430 g/mol. The average Bonchev–Trinajstić information content (AvgIpc) is 1.60. The molecule has 0 bridgehead atoms. The molecular weight excluding hydrogens is 1370 g/mol. The lowest BCUT2D eigenvalue weighted by atomic mass is 9.93. The standard InChI is InChI=1S/2C52H32N2O2/c1-3-13-33(14-4-1)34-25-27-36(28-26-34)47-32-46(35-15-5-2-6-16-35)53-52(54-47)39-30-37(40-19-11-21-44-42-17-7-9-23-48(42)55-50(40)44)29-38(31-39)41-20-12-22-45-43-18-8-10-24-49(43)56-51(41)45;1-3-11-33(12-4-1)34-19-21-36(22-20-34)47-32-46(35-13-5-2-6-14-35)53-52(54-47)41-28-39(37-23-25-50-44(30-37)42-15-7-9-17-48(42)55-50)27-40(29-41)38-24-26-51-45(31-38)43-16-8-10-18-49(43)56-51/h2*1-32H. The molecule has 22 rings (SSSR count). The van der Waals surface area contributed by atoms with E-state index in [-0.39, 0.29) is 0 Å². The number of hydrogen-bond donors (Lipinski definition) is 0. The third kappa shape index (κ3) is 12.1. The SMILES string of the molecule is c1ccc(-c2ccc(-c3cc(-c4ccccc4)nc(-c4cc(-c5ccc6oc7ccccc7c6c5)cc(-c5ccc6oc7ccccc7c6c5)c4)n3)cc2)cc1.c1ccc(-c2ccc(-c3cc(-c4ccccc4)nc(-c4cc(-c5cccc6c5oc5ccccc56)cc(-c5cccc6c5oc5ccccc56)c4)n3)cc2)cc1. The van der Waals surface area contributed by atoms with E-state index in [0.29, 0.717) is 11.6 Å². The maximum atomic E-state index is 6.58. The van der Waals surface area contributed by atoms with Crippen LogP contribution in [0.5, 0.6) is 0 Å². The van der Waals surface area contributed by atoms with Crippen LogP contribution in [-0.4, -0.2) is 19.9 Å². The lowest BCUT2D eigenvalue weighted by Crippen LogP contribution is -1.97. The van der Waals surface area contributed by atoms with E-state index < -0.39 is 0 Å². The van der Waals surface area contributed by atoms with Crippen LogP contribution in [0, 0.1) is 0 Å². The van der Waals surface area contributed by atoms with Gasteiger partial charge in [0, 0.05) is 87.6 Å². The van der Waals surface area contributed by atoms with E-state index in [4.69, 9.17) is 37.6 Å². The molecule has 8 nitrogen and oxygen atoms in total. The predicted octanol–water partition coefficient (Wildman–Crippen LogP) is 28.6. The molecule has 0 N–H and O–H groups in total. The van der Waals surface area contributed by atoms with Crippen molar-refractivity contribution in [1.29, 1.82) is 0 Å². The fraction of sp³-hybridized carbons (Fsp3) is 0. The van der Waals surface area contributed by atoms with Crippen molar-refractivity contribution in [2.24, 2.45) is 0 Å². The van der Waals surface area contributed by atoms with Crippen molar-refractivity contribution in [1.82, 2.24) is 19.9 Å². The third-order valence-electron chi connectivity index (χ3n) is 21.4. The summed E-state index contributed by atoms with van der Waals surface area (Å²) < 4.78 is 25.6. The number of benzene rings is 16. The topological polar surface area (TPSA) is 104 Å². The van der Waals surface area contributed by atoms with E-state index in [9.17, 15) is 0 Å². The van der Waals surface area contributed by atoms with E-state index in [0.717, 1.165) is 200 Å². The molecule has 16 aromatic carbocycles. The van der Waals surface area contributed by atoms with Gasteiger partial charge < -0.3 is 17.7 Å². The van der Waals surface area contributed by atoms with Gasteiger partial charge in [0.1, 0.15) is 44.7 Å². The summed E-state index contributed by atoms with van der Waals surface area (Å²) in [5.41, 5.74) is 29.2. The summed E-state index contributed by atoms with van der Waals surface area (Å²) in [5, 5.41) is 8.70. The number of fused-ring (bicyclic) bond motifs is 12. The second-order valence-electron chi connectivity index (χ2n) is 28.3. The van der Waals surface area contributed by atoms with Gasteiger partial charge in [-0.3, -0.25) is 0 Å². The van der Waals surface area contributed by atoms with Gasteiger partial charge in [-0.1, -0.05) is 291 Å². The molecule has 0 saturated heterocycles. The Balaban J connectivity index is 0.000000141. The summed E-state index contributed by atoms with van der Waals surface area (Å²) in [5.74, 6) is 1.28. The second-order valence-corrected chi connectivity index (χ2v) is 28.3. The summed E-state index contributed by atoms with van der Waals surface area (Å²) in [6.07, 6.45) is 0. The van der Waals surface area contributed by atoms with Gasteiger partial charge >= 0.3 is 0 Å². The zero-order valence-electron chi connectivity index (χ0n) is 60.4. The molecule has 524 valence electrons. The van der Waals surface area contributed by atoms with Crippen LogP contribution in [0.25, 0.3) is 222 Å². The zero-order chi connectivity index (χ0) is 74.0. The van der Waals surface area contributed by atoms with Gasteiger partial charge in [-0.05, 0) is 153 Å². The molecule has 0 fully saturated rings. The molecule has 6 aromatic heterocycles. The molecule has 0 aliphatic heterocycles. The fourth-order valence-corrected chi connectivity index (χ4v) is 15.8. The Hall–Kier alpha value is -15.1.